The van der Waals surface area contributed by atoms with Crippen molar-refractivity contribution in [3.05, 3.63) is 57.3 Å². The van der Waals surface area contributed by atoms with Crippen molar-refractivity contribution >= 4 is 29.2 Å². The smallest absolute Gasteiger partial charge is 0.325 e. The highest BCUT2D eigenvalue weighted by molar-refractivity contribution is 7.10. The van der Waals surface area contributed by atoms with Crippen LogP contribution in [0.1, 0.15) is 42.3 Å². The van der Waals surface area contributed by atoms with E-state index in [-0.39, 0.29) is 17.5 Å². The first kappa shape index (κ1) is 20.5. The van der Waals surface area contributed by atoms with E-state index in [4.69, 9.17) is 0 Å². The molecule has 1 N–H and O–H groups in total. The summed E-state index contributed by atoms with van der Waals surface area (Å²) >= 11 is 1.66. The standard InChI is InChI=1S/C21H21F2N3O3S/c1-3-16-13-7-9-30-17(13)6-8-25(16)18(27)11-26-19(28)21(2,24-20(26)29)14-10-12(22)4-5-15(14)23/h4-5,7,9-10,16H,3,6,8,11H2,1-2H3,(H,24,29). The van der Waals surface area contributed by atoms with Crippen molar-refractivity contribution < 1.29 is 23.2 Å². The van der Waals surface area contributed by atoms with Crippen molar-refractivity contribution in [3.63, 3.8) is 0 Å². The summed E-state index contributed by atoms with van der Waals surface area (Å²) in [4.78, 5) is 42.3. The van der Waals surface area contributed by atoms with Crippen LogP contribution in [0, 0.1) is 11.6 Å². The van der Waals surface area contributed by atoms with E-state index in [0.717, 1.165) is 35.1 Å². The van der Waals surface area contributed by atoms with Gasteiger partial charge in [0.2, 0.25) is 5.91 Å². The molecule has 2 atom stereocenters. The van der Waals surface area contributed by atoms with Crippen LogP contribution in [0.3, 0.4) is 0 Å². The summed E-state index contributed by atoms with van der Waals surface area (Å²) in [5, 5.41) is 4.42. The third-order valence-electron chi connectivity index (χ3n) is 5.84. The van der Waals surface area contributed by atoms with Gasteiger partial charge in [-0.3, -0.25) is 14.5 Å². The molecule has 1 fully saturated rings. The molecule has 0 bridgehead atoms. The van der Waals surface area contributed by atoms with Crippen LogP contribution in [-0.4, -0.2) is 40.7 Å². The number of benzene rings is 1. The first-order chi connectivity index (χ1) is 14.3. The zero-order valence-electron chi connectivity index (χ0n) is 16.6. The van der Waals surface area contributed by atoms with Crippen molar-refractivity contribution in [2.75, 3.05) is 13.1 Å². The Morgan fingerprint density at radius 2 is 2.07 bits per heavy atom. The van der Waals surface area contributed by atoms with Gasteiger partial charge in [0, 0.05) is 17.0 Å². The van der Waals surface area contributed by atoms with Gasteiger partial charge >= 0.3 is 6.03 Å². The van der Waals surface area contributed by atoms with Gasteiger partial charge in [0.25, 0.3) is 5.91 Å². The van der Waals surface area contributed by atoms with Crippen LogP contribution in [-0.2, 0) is 21.5 Å². The van der Waals surface area contributed by atoms with Crippen LogP contribution in [0.15, 0.2) is 29.6 Å². The Kier molecular flexibility index (Phi) is 5.09. The maximum atomic E-state index is 14.3. The van der Waals surface area contributed by atoms with E-state index in [1.165, 1.54) is 11.8 Å². The van der Waals surface area contributed by atoms with E-state index >= 15 is 0 Å². The molecule has 0 radical (unpaired) electrons. The number of nitrogens with zero attached hydrogens (tertiary/aromatic N) is 2. The molecule has 9 heteroatoms. The van der Waals surface area contributed by atoms with E-state index in [0.29, 0.717) is 13.0 Å². The molecule has 30 heavy (non-hydrogen) atoms. The minimum atomic E-state index is -1.78. The lowest BCUT2D eigenvalue weighted by Crippen LogP contribution is -2.47. The average molecular weight is 433 g/mol. The normalized spacial score (nSPS) is 23.5. The third-order valence-corrected chi connectivity index (χ3v) is 6.83. The quantitative estimate of drug-likeness (QED) is 0.752. The molecule has 0 aliphatic carbocycles. The van der Waals surface area contributed by atoms with Crippen LogP contribution in [0.25, 0.3) is 0 Å². The number of hydrogen-bond acceptors (Lipinski definition) is 4. The van der Waals surface area contributed by atoms with Crippen LogP contribution >= 0.6 is 11.3 Å². The number of urea groups is 1. The molecule has 6 nitrogen and oxygen atoms in total. The summed E-state index contributed by atoms with van der Waals surface area (Å²) in [6.07, 6.45) is 1.43. The lowest BCUT2D eigenvalue weighted by atomic mass is 9.91. The number of carbonyl (C=O) groups excluding carboxylic acids is 3. The Labute approximate surface area is 176 Å². The number of fused-ring (bicyclic) bond motifs is 1. The van der Waals surface area contributed by atoms with Gasteiger partial charge in [0.1, 0.15) is 23.7 Å². The Balaban J connectivity index is 1.57. The minimum Gasteiger partial charge on any atom is -0.334 e. The third kappa shape index (κ3) is 3.17. The zero-order chi connectivity index (χ0) is 21.6. The summed E-state index contributed by atoms with van der Waals surface area (Å²) < 4.78 is 27.9. The first-order valence-corrected chi connectivity index (χ1v) is 10.6. The maximum absolute atomic E-state index is 14.3. The number of amides is 4. The van der Waals surface area contributed by atoms with Crippen LogP contribution in [0.5, 0.6) is 0 Å². The Hall–Kier alpha value is -2.81. The molecule has 0 spiro atoms. The molecule has 2 unspecified atom stereocenters. The zero-order valence-corrected chi connectivity index (χ0v) is 17.4. The number of nitrogens with one attached hydrogen (secondary N) is 1. The number of hydrogen-bond donors (Lipinski definition) is 1. The summed E-state index contributed by atoms with van der Waals surface area (Å²) in [5.74, 6) is -2.68. The first-order valence-electron chi connectivity index (χ1n) is 9.71. The molecule has 2 aliphatic rings. The molecule has 158 valence electrons. The lowest BCUT2D eigenvalue weighted by Gasteiger charge is -2.36. The molecule has 0 saturated carbocycles. The lowest BCUT2D eigenvalue weighted by molar-refractivity contribution is -0.140. The van der Waals surface area contributed by atoms with Gasteiger partial charge in [0.15, 0.2) is 0 Å². The Morgan fingerprint density at radius 1 is 1.30 bits per heavy atom. The Bertz CT molecular complexity index is 1040. The second-order valence-corrected chi connectivity index (χ2v) is 8.63. The molecule has 2 aromatic rings. The number of thiophene rings is 1. The van der Waals surface area contributed by atoms with E-state index < -0.39 is 35.7 Å². The van der Waals surface area contributed by atoms with Gasteiger partial charge in [0.05, 0.1) is 6.04 Å². The van der Waals surface area contributed by atoms with Crippen LogP contribution < -0.4 is 5.32 Å². The molecular formula is C21H21F2N3O3S. The topological polar surface area (TPSA) is 69.7 Å². The van der Waals surface area contributed by atoms with Gasteiger partial charge < -0.3 is 10.2 Å². The fraction of sp³-hybridized carbons (Fsp3) is 0.381. The highest BCUT2D eigenvalue weighted by atomic mass is 32.1. The summed E-state index contributed by atoms with van der Waals surface area (Å²) in [6, 6.07) is 3.81. The van der Waals surface area contributed by atoms with E-state index in [2.05, 4.69) is 5.32 Å². The highest BCUT2D eigenvalue weighted by Gasteiger charge is 2.51. The summed E-state index contributed by atoms with van der Waals surface area (Å²) in [6.45, 7) is 3.34. The summed E-state index contributed by atoms with van der Waals surface area (Å²) in [7, 11) is 0. The van der Waals surface area contributed by atoms with Gasteiger partial charge in [-0.1, -0.05) is 6.92 Å². The Morgan fingerprint density at radius 3 is 2.80 bits per heavy atom. The maximum Gasteiger partial charge on any atom is 0.325 e. The SMILES string of the molecule is CCC1c2ccsc2CCN1C(=O)CN1C(=O)NC(C)(c2cc(F)ccc2F)C1=O. The predicted octanol–water partition coefficient (Wildman–Crippen LogP) is 3.33. The van der Waals surface area contributed by atoms with Gasteiger partial charge in [-0.15, -0.1) is 11.3 Å². The number of halogens is 2. The monoisotopic (exact) mass is 433 g/mol. The second-order valence-electron chi connectivity index (χ2n) is 7.63. The van der Waals surface area contributed by atoms with Crippen LogP contribution in [0.4, 0.5) is 13.6 Å². The fourth-order valence-electron chi connectivity index (χ4n) is 4.27. The number of carbonyl (C=O) groups is 3. The summed E-state index contributed by atoms with van der Waals surface area (Å²) in [5.41, 5.74) is -0.954. The molecule has 1 aromatic heterocycles. The molecule has 2 aliphatic heterocycles. The van der Waals surface area contributed by atoms with Gasteiger partial charge in [-0.2, -0.15) is 0 Å². The highest BCUT2D eigenvalue weighted by Crippen LogP contribution is 2.36. The van der Waals surface area contributed by atoms with Crippen LogP contribution in [0.2, 0.25) is 0 Å². The number of rotatable bonds is 4. The average Bonchev–Trinajstić information content (AvgIpc) is 3.28. The van der Waals surface area contributed by atoms with Gasteiger partial charge in [-0.25, -0.2) is 13.6 Å². The molecule has 1 aromatic carbocycles. The van der Waals surface area contributed by atoms with Gasteiger partial charge in [-0.05, 0) is 55.0 Å². The molecule has 4 rings (SSSR count). The number of imide groups is 1. The van der Waals surface area contributed by atoms with E-state index in [9.17, 15) is 23.2 Å². The van der Waals surface area contributed by atoms with Crippen molar-refractivity contribution in [2.45, 2.75) is 38.3 Å². The van der Waals surface area contributed by atoms with Crippen molar-refractivity contribution in [2.24, 2.45) is 0 Å². The molecule has 1 saturated heterocycles. The minimum absolute atomic E-state index is 0.111. The predicted molar refractivity (Wildman–Crippen MR) is 107 cm³/mol. The molecule has 4 amide bonds. The second kappa shape index (κ2) is 7.46. The fourth-order valence-corrected chi connectivity index (χ4v) is 5.19. The molecule has 3 heterocycles. The van der Waals surface area contributed by atoms with E-state index in [1.807, 2.05) is 18.4 Å². The largest absolute Gasteiger partial charge is 0.334 e. The van der Waals surface area contributed by atoms with E-state index in [1.54, 1.807) is 16.2 Å². The van der Waals surface area contributed by atoms with Crippen molar-refractivity contribution in [1.29, 1.82) is 0 Å². The van der Waals surface area contributed by atoms with Crippen molar-refractivity contribution in [3.8, 4) is 0 Å². The van der Waals surface area contributed by atoms with Crippen molar-refractivity contribution in [1.82, 2.24) is 15.1 Å². The molecular weight excluding hydrogens is 412 g/mol.